The van der Waals surface area contributed by atoms with E-state index in [2.05, 4.69) is 24.1 Å². The number of nitrogens with zero attached hydrogens (tertiary/aromatic N) is 1. The van der Waals surface area contributed by atoms with Crippen LogP contribution in [0.5, 0.6) is 0 Å². The number of nitrogens with one attached hydrogen (secondary N) is 1. The summed E-state index contributed by atoms with van der Waals surface area (Å²) >= 11 is 0. The Morgan fingerprint density at radius 3 is 2.92 bits per heavy atom. The van der Waals surface area contributed by atoms with E-state index >= 15 is 0 Å². The molecule has 13 heavy (non-hydrogen) atoms. The molecule has 1 rings (SSSR count). The van der Waals surface area contributed by atoms with Gasteiger partial charge in [-0.15, -0.1) is 0 Å². The molecule has 1 atom stereocenters. The predicted molar refractivity (Wildman–Crippen MR) is 58.0 cm³/mol. The minimum absolute atomic E-state index is 0.968. The number of rotatable bonds is 5. The first-order valence-electron chi connectivity index (χ1n) is 5.79. The van der Waals surface area contributed by atoms with Crippen LogP contribution < -0.4 is 5.32 Å². The molecule has 1 N–H and O–H groups in total. The van der Waals surface area contributed by atoms with E-state index in [1.165, 1.54) is 38.9 Å². The van der Waals surface area contributed by atoms with Crippen LogP contribution in [-0.2, 0) is 0 Å². The van der Waals surface area contributed by atoms with E-state index in [4.69, 9.17) is 0 Å². The van der Waals surface area contributed by atoms with Crippen molar-refractivity contribution in [2.24, 2.45) is 5.92 Å². The molecule has 1 unspecified atom stereocenters. The molecule has 2 heteroatoms. The van der Waals surface area contributed by atoms with Gasteiger partial charge in [-0.3, -0.25) is 0 Å². The summed E-state index contributed by atoms with van der Waals surface area (Å²) in [6.07, 6.45) is 4.22. The average Bonchev–Trinajstić information content (AvgIpc) is 2.19. The smallest absolute Gasteiger partial charge is 0.0107 e. The van der Waals surface area contributed by atoms with Crippen LogP contribution in [0.4, 0.5) is 0 Å². The van der Waals surface area contributed by atoms with Gasteiger partial charge in [0.25, 0.3) is 0 Å². The highest BCUT2D eigenvalue weighted by atomic mass is 15.1. The standard InChI is InChI=1S/C11H24N2/c1-3-11-6-5-8-13(10-11)9-7-12-4-2/h11-12H,3-10H2,1-2H3. The molecular formula is C11H24N2. The number of likely N-dealkylation sites (N-methyl/N-ethyl adjacent to an activating group) is 1. The van der Waals surface area contributed by atoms with Crippen molar-refractivity contribution in [2.75, 3.05) is 32.7 Å². The third-order valence-electron chi connectivity index (χ3n) is 3.04. The van der Waals surface area contributed by atoms with E-state index in [1.807, 2.05) is 0 Å². The summed E-state index contributed by atoms with van der Waals surface area (Å²) in [5.74, 6) is 0.968. The molecule has 1 aliphatic rings. The minimum Gasteiger partial charge on any atom is -0.316 e. The molecule has 0 aromatic carbocycles. The van der Waals surface area contributed by atoms with Crippen LogP contribution in [0, 0.1) is 5.92 Å². The van der Waals surface area contributed by atoms with Gasteiger partial charge in [0, 0.05) is 19.6 Å². The van der Waals surface area contributed by atoms with Crippen LogP contribution in [0.2, 0.25) is 0 Å². The second-order valence-corrected chi connectivity index (χ2v) is 4.07. The second-order valence-electron chi connectivity index (χ2n) is 4.07. The van der Waals surface area contributed by atoms with Crippen molar-refractivity contribution in [2.45, 2.75) is 33.1 Å². The van der Waals surface area contributed by atoms with E-state index in [1.54, 1.807) is 0 Å². The maximum Gasteiger partial charge on any atom is 0.0107 e. The van der Waals surface area contributed by atoms with E-state index in [0.29, 0.717) is 0 Å². The first-order chi connectivity index (χ1) is 6.36. The van der Waals surface area contributed by atoms with Crippen molar-refractivity contribution >= 4 is 0 Å². The third kappa shape index (κ3) is 4.10. The van der Waals surface area contributed by atoms with Crippen molar-refractivity contribution in [1.82, 2.24) is 10.2 Å². The molecule has 1 saturated heterocycles. The highest BCUT2D eigenvalue weighted by molar-refractivity contribution is 4.72. The maximum atomic E-state index is 3.39. The van der Waals surface area contributed by atoms with Gasteiger partial charge >= 0.3 is 0 Å². The number of hydrogen-bond acceptors (Lipinski definition) is 2. The van der Waals surface area contributed by atoms with E-state index in [9.17, 15) is 0 Å². The largest absolute Gasteiger partial charge is 0.316 e. The topological polar surface area (TPSA) is 15.3 Å². The first-order valence-corrected chi connectivity index (χ1v) is 5.79. The summed E-state index contributed by atoms with van der Waals surface area (Å²) in [5, 5.41) is 3.39. The summed E-state index contributed by atoms with van der Waals surface area (Å²) in [6.45, 7) is 10.6. The lowest BCUT2D eigenvalue weighted by Gasteiger charge is -2.32. The zero-order valence-corrected chi connectivity index (χ0v) is 9.18. The summed E-state index contributed by atoms with van der Waals surface area (Å²) in [5.41, 5.74) is 0. The van der Waals surface area contributed by atoms with Crippen LogP contribution in [0.1, 0.15) is 33.1 Å². The van der Waals surface area contributed by atoms with Gasteiger partial charge in [0.1, 0.15) is 0 Å². The first kappa shape index (κ1) is 11.0. The van der Waals surface area contributed by atoms with Crippen molar-refractivity contribution in [3.8, 4) is 0 Å². The van der Waals surface area contributed by atoms with Gasteiger partial charge in [-0.2, -0.15) is 0 Å². The van der Waals surface area contributed by atoms with Gasteiger partial charge < -0.3 is 10.2 Å². The molecule has 78 valence electrons. The van der Waals surface area contributed by atoms with Crippen LogP contribution in [0.15, 0.2) is 0 Å². The molecule has 0 aliphatic carbocycles. The molecule has 0 saturated carbocycles. The zero-order valence-electron chi connectivity index (χ0n) is 9.18. The number of likely N-dealkylation sites (tertiary alicyclic amines) is 1. The monoisotopic (exact) mass is 184 g/mol. The predicted octanol–water partition coefficient (Wildman–Crippen LogP) is 1.72. The lowest BCUT2D eigenvalue weighted by Crippen LogP contribution is -2.39. The zero-order chi connectivity index (χ0) is 9.52. The summed E-state index contributed by atoms with van der Waals surface area (Å²) in [6, 6.07) is 0. The molecule has 0 amide bonds. The highest BCUT2D eigenvalue weighted by Crippen LogP contribution is 2.18. The normalized spacial score (nSPS) is 24.9. The van der Waals surface area contributed by atoms with Gasteiger partial charge in [-0.25, -0.2) is 0 Å². The number of piperidine rings is 1. The quantitative estimate of drug-likeness (QED) is 0.654. The fraction of sp³-hybridized carbons (Fsp3) is 1.00. The molecule has 0 bridgehead atoms. The summed E-state index contributed by atoms with van der Waals surface area (Å²) in [4.78, 5) is 2.61. The van der Waals surface area contributed by atoms with E-state index in [0.717, 1.165) is 19.0 Å². The second kappa shape index (κ2) is 6.39. The molecule has 2 nitrogen and oxygen atoms in total. The number of hydrogen-bond donors (Lipinski definition) is 1. The van der Waals surface area contributed by atoms with Crippen molar-refractivity contribution in [3.05, 3.63) is 0 Å². The van der Waals surface area contributed by atoms with Gasteiger partial charge in [0.05, 0.1) is 0 Å². The Kier molecular flexibility index (Phi) is 5.40. The van der Waals surface area contributed by atoms with Crippen LogP contribution in [-0.4, -0.2) is 37.6 Å². The Bertz CT molecular complexity index is 125. The molecule has 1 heterocycles. The summed E-state index contributed by atoms with van der Waals surface area (Å²) < 4.78 is 0. The van der Waals surface area contributed by atoms with Gasteiger partial charge in [-0.1, -0.05) is 20.3 Å². The van der Waals surface area contributed by atoms with E-state index < -0.39 is 0 Å². The lowest BCUT2D eigenvalue weighted by molar-refractivity contribution is 0.173. The van der Waals surface area contributed by atoms with Crippen molar-refractivity contribution in [1.29, 1.82) is 0 Å². The average molecular weight is 184 g/mol. The van der Waals surface area contributed by atoms with Crippen LogP contribution >= 0.6 is 0 Å². The molecule has 0 spiro atoms. The van der Waals surface area contributed by atoms with Gasteiger partial charge in [-0.05, 0) is 31.8 Å². The van der Waals surface area contributed by atoms with Crippen LogP contribution in [0.25, 0.3) is 0 Å². The molecule has 0 radical (unpaired) electrons. The lowest BCUT2D eigenvalue weighted by atomic mass is 9.96. The molecule has 1 aliphatic heterocycles. The Labute approximate surface area is 82.7 Å². The van der Waals surface area contributed by atoms with E-state index in [-0.39, 0.29) is 0 Å². The Hall–Kier alpha value is -0.0800. The minimum atomic E-state index is 0.968. The molecule has 0 aromatic heterocycles. The van der Waals surface area contributed by atoms with Crippen molar-refractivity contribution in [3.63, 3.8) is 0 Å². The Morgan fingerprint density at radius 1 is 1.38 bits per heavy atom. The van der Waals surface area contributed by atoms with Crippen molar-refractivity contribution < 1.29 is 0 Å². The third-order valence-corrected chi connectivity index (χ3v) is 3.04. The fourth-order valence-corrected chi connectivity index (χ4v) is 2.10. The van der Waals surface area contributed by atoms with Crippen LogP contribution in [0.3, 0.4) is 0 Å². The fourth-order valence-electron chi connectivity index (χ4n) is 2.10. The molecular weight excluding hydrogens is 160 g/mol. The molecule has 1 fully saturated rings. The highest BCUT2D eigenvalue weighted by Gasteiger charge is 2.17. The van der Waals surface area contributed by atoms with Gasteiger partial charge in [0.15, 0.2) is 0 Å². The SMILES string of the molecule is CCNCCN1CCCC(CC)C1. The molecule has 0 aromatic rings. The van der Waals surface area contributed by atoms with Gasteiger partial charge in [0.2, 0.25) is 0 Å². The Balaban J connectivity index is 2.11. The summed E-state index contributed by atoms with van der Waals surface area (Å²) in [7, 11) is 0. The Morgan fingerprint density at radius 2 is 2.23 bits per heavy atom. The maximum absolute atomic E-state index is 3.39.